The number of rotatable bonds is 4. The predicted molar refractivity (Wildman–Crippen MR) is 89.8 cm³/mol. The molecular formula is C18H33N3O. The number of carbonyl (C=O) groups excluding carboxylic acids is 1. The Bertz CT molecular complexity index is 373. The van der Waals surface area contributed by atoms with Gasteiger partial charge in [-0.05, 0) is 51.2 Å². The maximum atomic E-state index is 12.6. The number of nitrogens with one attached hydrogen (secondary N) is 2. The third-order valence-electron chi connectivity index (χ3n) is 6.26. The zero-order chi connectivity index (χ0) is 15.4. The van der Waals surface area contributed by atoms with E-state index in [1.165, 1.54) is 64.5 Å². The molecule has 1 saturated carbocycles. The summed E-state index contributed by atoms with van der Waals surface area (Å²) in [5.41, 5.74) is 0.254. The molecule has 2 aliphatic heterocycles. The van der Waals surface area contributed by atoms with Crippen LogP contribution in [-0.2, 0) is 4.79 Å². The van der Waals surface area contributed by atoms with Crippen molar-refractivity contribution in [2.75, 3.05) is 32.7 Å². The molecule has 3 rings (SSSR count). The topological polar surface area (TPSA) is 44.4 Å². The van der Waals surface area contributed by atoms with Crippen LogP contribution < -0.4 is 10.6 Å². The molecule has 0 spiro atoms. The fourth-order valence-corrected chi connectivity index (χ4v) is 4.73. The van der Waals surface area contributed by atoms with Crippen LogP contribution in [0.5, 0.6) is 0 Å². The van der Waals surface area contributed by atoms with Gasteiger partial charge in [0.2, 0.25) is 5.91 Å². The minimum Gasteiger partial charge on any atom is -0.354 e. The fraction of sp³-hybridized carbons (Fsp3) is 0.944. The maximum absolute atomic E-state index is 12.6. The van der Waals surface area contributed by atoms with E-state index in [4.69, 9.17) is 0 Å². The summed E-state index contributed by atoms with van der Waals surface area (Å²) in [4.78, 5) is 15.3. The third kappa shape index (κ3) is 3.48. The van der Waals surface area contributed by atoms with Gasteiger partial charge in [-0.1, -0.05) is 32.6 Å². The zero-order valence-electron chi connectivity index (χ0n) is 14.2. The van der Waals surface area contributed by atoms with Gasteiger partial charge in [-0.2, -0.15) is 0 Å². The van der Waals surface area contributed by atoms with Crippen molar-refractivity contribution in [3.63, 3.8) is 0 Å². The molecule has 2 atom stereocenters. The average molecular weight is 307 g/mol. The summed E-state index contributed by atoms with van der Waals surface area (Å²) in [5, 5.41) is 6.68. The SMILES string of the molecule is C[C@@H]1CNC[C@H]1C(=O)NCC1(N2CCCCC2)CCCCC1. The fourth-order valence-electron chi connectivity index (χ4n) is 4.73. The Labute approximate surface area is 135 Å². The monoisotopic (exact) mass is 307 g/mol. The van der Waals surface area contributed by atoms with Crippen LogP contribution in [0.3, 0.4) is 0 Å². The summed E-state index contributed by atoms with van der Waals surface area (Å²) in [7, 11) is 0. The Balaban J connectivity index is 1.61. The Morgan fingerprint density at radius 1 is 1.09 bits per heavy atom. The summed E-state index contributed by atoms with van der Waals surface area (Å²) in [6, 6.07) is 0. The van der Waals surface area contributed by atoms with Crippen LogP contribution in [0.1, 0.15) is 58.3 Å². The molecule has 0 aromatic carbocycles. The predicted octanol–water partition coefficient (Wildman–Crippen LogP) is 2.15. The summed E-state index contributed by atoms with van der Waals surface area (Å²) in [6.07, 6.45) is 10.6. The highest BCUT2D eigenvalue weighted by molar-refractivity contribution is 5.79. The lowest BCUT2D eigenvalue weighted by atomic mass is 9.79. The highest BCUT2D eigenvalue weighted by Crippen LogP contribution is 2.35. The second-order valence-corrected chi connectivity index (χ2v) is 7.79. The van der Waals surface area contributed by atoms with Crippen molar-refractivity contribution < 1.29 is 4.79 Å². The van der Waals surface area contributed by atoms with Crippen molar-refractivity contribution in [2.45, 2.75) is 63.8 Å². The van der Waals surface area contributed by atoms with Gasteiger partial charge >= 0.3 is 0 Å². The molecule has 0 unspecified atom stereocenters. The van der Waals surface area contributed by atoms with Crippen molar-refractivity contribution in [1.82, 2.24) is 15.5 Å². The molecule has 3 fully saturated rings. The number of piperidine rings is 1. The van der Waals surface area contributed by atoms with Gasteiger partial charge in [0.15, 0.2) is 0 Å². The van der Waals surface area contributed by atoms with Crippen LogP contribution in [0.15, 0.2) is 0 Å². The standard InChI is InChI=1S/C18H33N3O/c1-15-12-19-13-16(15)17(22)20-14-18(8-4-2-5-9-18)21-10-6-3-7-11-21/h15-16,19H,2-14H2,1H3,(H,20,22)/t15-,16-/m1/s1. The smallest absolute Gasteiger partial charge is 0.224 e. The molecule has 0 aromatic heterocycles. The van der Waals surface area contributed by atoms with Crippen LogP contribution in [0.2, 0.25) is 0 Å². The van der Waals surface area contributed by atoms with E-state index in [2.05, 4.69) is 22.5 Å². The van der Waals surface area contributed by atoms with Crippen molar-refractivity contribution in [3.05, 3.63) is 0 Å². The minimum absolute atomic E-state index is 0.169. The third-order valence-corrected chi connectivity index (χ3v) is 6.26. The van der Waals surface area contributed by atoms with E-state index < -0.39 is 0 Å². The Kier molecular flexibility index (Phi) is 5.40. The van der Waals surface area contributed by atoms with Gasteiger partial charge in [0.05, 0.1) is 5.92 Å². The van der Waals surface area contributed by atoms with Crippen LogP contribution >= 0.6 is 0 Å². The van der Waals surface area contributed by atoms with E-state index in [0.29, 0.717) is 5.92 Å². The molecule has 22 heavy (non-hydrogen) atoms. The quantitative estimate of drug-likeness (QED) is 0.836. The first kappa shape index (κ1) is 16.3. The van der Waals surface area contributed by atoms with Crippen LogP contribution in [0, 0.1) is 11.8 Å². The Morgan fingerprint density at radius 2 is 1.77 bits per heavy atom. The molecule has 126 valence electrons. The number of hydrogen-bond donors (Lipinski definition) is 2. The average Bonchev–Trinajstić information content (AvgIpc) is 3.00. The zero-order valence-corrected chi connectivity index (χ0v) is 14.2. The van der Waals surface area contributed by atoms with Crippen molar-refractivity contribution >= 4 is 5.91 Å². The van der Waals surface area contributed by atoms with Crippen molar-refractivity contribution in [1.29, 1.82) is 0 Å². The van der Waals surface area contributed by atoms with Gasteiger partial charge in [0.25, 0.3) is 0 Å². The van der Waals surface area contributed by atoms with Crippen LogP contribution in [-0.4, -0.2) is 49.1 Å². The highest BCUT2D eigenvalue weighted by atomic mass is 16.1. The molecule has 2 N–H and O–H groups in total. The molecule has 0 radical (unpaired) electrons. The molecule has 2 saturated heterocycles. The van der Waals surface area contributed by atoms with E-state index in [1.54, 1.807) is 0 Å². The number of carbonyl (C=O) groups is 1. The molecule has 0 aromatic rings. The van der Waals surface area contributed by atoms with E-state index in [9.17, 15) is 4.79 Å². The first-order valence-corrected chi connectivity index (χ1v) is 9.45. The summed E-state index contributed by atoms with van der Waals surface area (Å²) >= 11 is 0. The van der Waals surface area contributed by atoms with Gasteiger partial charge in [-0.15, -0.1) is 0 Å². The summed E-state index contributed by atoms with van der Waals surface area (Å²) < 4.78 is 0. The lowest BCUT2D eigenvalue weighted by molar-refractivity contribution is -0.126. The van der Waals surface area contributed by atoms with Crippen molar-refractivity contribution in [2.24, 2.45) is 11.8 Å². The van der Waals surface area contributed by atoms with E-state index in [1.807, 2.05) is 0 Å². The number of nitrogens with zero attached hydrogens (tertiary/aromatic N) is 1. The first-order chi connectivity index (χ1) is 10.7. The summed E-state index contributed by atoms with van der Waals surface area (Å²) in [6.45, 7) is 7.36. The molecule has 4 heteroatoms. The maximum Gasteiger partial charge on any atom is 0.224 e. The molecule has 2 heterocycles. The largest absolute Gasteiger partial charge is 0.354 e. The van der Waals surface area contributed by atoms with Gasteiger partial charge in [0.1, 0.15) is 0 Å². The Hall–Kier alpha value is -0.610. The van der Waals surface area contributed by atoms with Gasteiger partial charge in [-0.25, -0.2) is 0 Å². The van der Waals surface area contributed by atoms with Gasteiger partial charge in [-0.3, -0.25) is 9.69 Å². The number of amides is 1. The highest BCUT2D eigenvalue weighted by Gasteiger charge is 2.39. The van der Waals surface area contributed by atoms with Gasteiger partial charge in [0, 0.05) is 18.6 Å². The molecule has 4 nitrogen and oxygen atoms in total. The number of hydrogen-bond acceptors (Lipinski definition) is 3. The normalized spacial score (nSPS) is 32.8. The molecule has 3 aliphatic rings. The second-order valence-electron chi connectivity index (χ2n) is 7.79. The Morgan fingerprint density at radius 3 is 2.41 bits per heavy atom. The van der Waals surface area contributed by atoms with Crippen LogP contribution in [0.4, 0.5) is 0 Å². The number of likely N-dealkylation sites (tertiary alicyclic amines) is 1. The second kappa shape index (κ2) is 7.31. The van der Waals surface area contributed by atoms with E-state index >= 15 is 0 Å². The lowest BCUT2D eigenvalue weighted by Gasteiger charge is -2.48. The lowest BCUT2D eigenvalue weighted by Crippen LogP contribution is -2.58. The van der Waals surface area contributed by atoms with Crippen molar-refractivity contribution in [3.8, 4) is 0 Å². The molecule has 0 bridgehead atoms. The summed E-state index contributed by atoms with van der Waals surface area (Å²) in [5.74, 6) is 0.916. The van der Waals surface area contributed by atoms with Gasteiger partial charge < -0.3 is 10.6 Å². The minimum atomic E-state index is 0.169. The molecular weight excluding hydrogens is 274 g/mol. The molecule has 1 amide bonds. The van der Waals surface area contributed by atoms with Crippen LogP contribution in [0.25, 0.3) is 0 Å². The molecule has 1 aliphatic carbocycles. The van der Waals surface area contributed by atoms with E-state index in [0.717, 1.165) is 19.6 Å². The first-order valence-electron chi connectivity index (χ1n) is 9.45. The van der Waals surface area contributed by atoms with E-state index in [-0.39, 0.29) is 17.4 Å².